The molecule has 1 aromatic carbocycles. The molecule has 0 saturated heterocycles. The number of hydrogen-bond acceptors (Lipinski definition) is 2. The predicted molar refractivity (Wildman–Crippen MR) is 75.2 cm³/mol. The first-order valence-corrected chi connectivity index (χ1v) is 7.21. The molecule has 0 amide bonds. The van der Waals surface area contributed by atoms with E-state index in [9.17, 15) is 13.2 Å². The average molecular weight is 362 g/mol. The minimum atomic E-state index is -4.72. The lowest BCUT2D eigenvalue weighted by Gasteiger charge is -2.12. The molecule has 108 valence electrons. The van der Waals surface area contributed by atoms with Crippen LogP contribution in [0, 0.1) is 0 Å². The zero-order chi connectivity index (χ0) is 14.9. The number of ether oxygens (including phenoxy) is 1. The van der Waals surface area contributed by atoms with Crippen LogP contribution >= 0.6 is 46.1 Å². The number of alkyl halides is 4. The van der Waals surface area contributed by atoms with E-state index in [-0.39, 0.29) is 5.75 Å². The Morgan fingerprint density at radius 1 is 1.10 bits per heavy atom. The Morgan fingerprint density at radius 2 is 1.70 bits per heavy atom. The van der Waals surface area contributed by atoms with E-state index in [4.69, 9.17) is 34.8 Å². The lowest BCUT2D eigenvalue weighted by molar-refractivity contribution is -0.274. The molecule has 2 aromatic rings. The van der Waals surface area contributed by atoms with E-state index in [1.54, 1.807) is 6.07 Å². The van der Waals surface area contributed by atoms with Gasteiger partial charge in [0.05, 0.1) is 14.0 Å². The van der Waals surface area contributed by atoms with Crippen LogP contribution in [0.15, 0.2) is 30.3 Å². The Hall–Kier alpha value is -0.620. The van der Waals surface area contributed by atoms with Crippen LogP contribution in [-0.2, 0) is 0 Å². The highest BCUT2D eigenvalue weighted by molar-refractivity contribution is 7.20. The van der Waals surface area contributed by atoms with Gasteiger partial charge >= 0.3 is 6.36 Å². The number of hydrogen-bond donors (Lipinski definition) is 0. The highest BCUT2D eigenvalue weighted by Crippen LogP contribution is 2.40. The molecule has 0 radical (unpaired) electrons. The minimum Gasteiger partial charge on any atom is -0.406 e. The second kappa shape index (κ2) is 6.02. The first kappa shape index (κ1) is 15.8. The summed E-state index contributed by atoms with van der Waals surface area (Å²) in [5.74, 6) is -0.306. The molecule has 1 heterocycles. The SMILES string of the molecule is FC(F)(F)Oc1ccc(C(Cl)c2cc(Cl)sc2Cl)cc1. The van der Waals surface area contributed by atoms with Gasteiger partial charge in [0, 0.05) is 5.56 Å². The van der Waals surface area contributed by atoms with E-state index >= 15 is 0 Å². The first-order valence-electron chi connectivity index (χ1n) is 5.21. The van der Waals surface area contributed by atoms with Gasteiger partial charge in [-0.05, 0) is 23.8 Å². The molecule has 1 nitrogen and oxygen atoms in total. The third-order valence-electron chi connectivity index (χ3n) is 2.36. The molecule has 0 aliphatic heterocycles. The molecule has 0 aliphatic rings. The standard InChI is InChI=1S/C12H6Cl3F3OS/c13-9-5-8(11(15)20-9)10(14)6-1-3-7(4-2-6)19-12(16,17)18/h1-5,10H. The molecule has 1 unspecified atom stereocenters. The maximum Gasteiger partial charge on any atom is 0.573 e. The van der Waals surface area contributed by atoms with Crippen LogP contribution in [0.2, 0.25) is 8.67 Å². The van der Waals surface area contributed by atoms with Gasteiger partial charge in [-0.1, -0.05) is 35.3 Å². The van der Waals surface area contributed by atoms with Crippen molar-refractivity contribution in [1.29, 1.82) is 0 Å². The summed E-state index contributed by atoms with van der Waals surface area (Å²) in [7, 11) is 0. The Balaban J connectivity index is 2.19. The van der Waals surface area contributed by atoms with Gasteiger partial charge in [0.1, 0.15) is 5.75 Å². The summed E-state index contributed by atoms with van der Waals surface area (Å²) in [6, 6.07) is 6.91. The highest BCUT2D eigenvalue weighted by Gasteiger charge is 2.31. The van der Waals surface area contributed by atoms with Gasteiger partial charge in [-0.2, -0.15) is 0 Å². The summed E-state index contributed by atoms with van der Waals surface area (Å²) >= 11 is 19.2. The summed E-state index contributed by atoms with van der Waals surface area (Å²) < 4.78 is 40.9. The molecule has 0 spiro atoms. The van der Waals surface area contributed by atoms with Gasteiger partial charge in [-0.15, -0.1) is 36.1 Å². The maximum atomic E-state index is 12.0. The van der Waals surface area contributed by atoms with Crippen molar-refractivity contribution in [2.24, 2.45) is 0 Å². The molecule has 0 N–H and O–H groups in total. The minimum absolute atomic E-state index is 0.306. The largest absolute Gasteiger partial charge is 0.573 e. The van der Waals surface area contributed by atoms with Crippen molar-refractivity contribution < 1.29 is 17.9 Å². The second-order valence-corrected chi connectivity index (χ2v) is 6.48. The van der Waals surface area contributed by atoms with E-state index in [2.05, 4.69) is 4.74 Å². The van der Waals surface area contributed by atoms with E-state index in [1.165, 1.54) is 35.6 Å². The number of halogens is 6. The van der Waals surface area contributed by atoms with Gasteiger partial charge < -0.3 is 4.74 Å². The van der Waals surface area contributed by atoms with Crippen molar-refractivity contribution in [3.63, 3.8) is 0 Å². The van der Waals surface area contributed by atoms with Crippen LogP contribution in [-0.4, -0.2) is 6.36 Å². The van der Waals surface area contributed by atoms with Crippen molar-refractivity contribution >= 4 is 46.1 Å². The Labute approximate surface area is 131 Å². The Bertz CT molecular complexity index is 595. The first-order chi connectivity index (χ1) is 9.26. The van der Waals surface area contributed by atoms with Gasteiger partial charge in [-0.3, -0.25) is 0 Å². The van der Waals surface area contributed by atoms with Crippen LogP contribution in [0.25, 0.3) is 0 Å². The lowest BCUT2D eigenvalue weighted by atomic mass is 10.1. The lowest BCUT2D eigenvalue weighted by Crippen LogP contribution is -2.17. The molecule has 0 saturated carbocycles. The van der Waals surface area contributed by atoms with Gasteiger partial charge in [0.15, 0.2) is 0 Å². The maximum absolute atomic E-state index is 12.0. The zero-order valence-electron chi connectivity index (χ0n) is 9.55. The summed E-state index contributed by atoms with van der Waals surface area (Å²) in [5, 5.41) is -0.591. The van der Waals surface area contributed by atoms with Crippen LogP contribution in [0.4, 0.5) is 13.2 Å². The monoisotopic (exact) mass is 360 g/mol. The van der Waals surface area contributed by atoms with Crippen LogP contribution in [0.3, 0.4) is 0 Å². The van der Waals surface area contributed by atoms with E-state index in [1.807, 2.05) is 0 Å². The number of rotatable bonds is 3. The van der Waals surface area contributed by atoms with E-state index < -0.39 is 11.7 Å². The fourth-order valence-corrected chi connectivity index (χ4v) is 3.51. The summed E-state index contributed by atoms with van der Waals surface area (Å²) in [4.78, 5) is 0. The van der Waals surface area contributed by atoms with Crippen molar-refractivity contribution in [1.82, 2.24) is 0 Å². The third kappa shape index (κ3) is 3.95. The average Bonchev–Trinajstić information content (AvgIpc) is 2.66. The fraction of sp³-hybridized carbons (Fsp3) is 0.167. The number of benzene rings is 1. The smallest absolute Gasteiger partial charge is 0.406 e. The van der Waals surface area contributed by atoms with Gasteiger partial charge in [0.2, 0.25) is 0 Å². The molecular formula is C12H6Cl3F3OS. The van der Waals surface area contributed by atoms with Crippen molar-refractivity contribution in [3.05, 3.63) is 50.1 Å². The predicted octanol–water partition coefficient (Wildman–Crippen LogP) is 6.28. The summed E-state index contributed by atoms with van der Waals surface area (Å²) in [5.41, 5.74) is 1.21. The van der Waals surface area contributed by atoms with Crippen molar-refractivity contribution in [2.75, 3.05) is 0 Å². The van der Waals surface area contributed by atoms with Gasteiger partial charge in [-0.25, -0.2) is 0 Å². The normalized spacial score (nSPS) is 13.3. The molecule has 0 aliphatic carbocycles. The topological polar surface area (TPSA) is 9.23 Å². The molecule has 0 bridgehead atoms. The van der Waals surface area contributed by atoms with E-state index in [0.29, 0.717) is 19.8 Å². The molecule has 20 heavy (non-hydrogen) atoms. The molecule has 8 heteroatoms. The Kier molecular flexibility index (Phi) is 4.74. The summed E-state index contributed by atoms with van der Waals surface area (Å²) in [6.07, 6.45) is -4.72. The molecule has 0 fully saturated rings. The summed E-state index contributed by atoms with van der Waals surface area (Å²) in [6.45, 7) is 0. The third-order valence-corrected chi connectivity index (χ3v) is 4.37. The van der Waals surface area contributed by atoms with Crippen LogP contribution in [0.1, 0.15) is 16.5 Å². The second-order valence-electron chi connectivity index (χ2n) is 3.76. The highest BCUT2D eigenvalue weighted by atomic mass is 35.5. The van der Waals surface area contributed by atoms with Gasteiger partial charge in [0.25, 0.3) is 0 Å². The Morgan fingerprint density at radius 3 is 2.15 bits per heavy atom. The number of thiophene rings is 1. The van der Waals surface area contributed by atoms with Crippen molar-refractivity contribution in [3.8, 4) is 5.75 Å². The zero-order valence-corrected chi connectivity index (χ0v) is 12.6. The van der Waals surface area contributed by atoms with Crippen LogP contribution < -0.4 is 4.74 Å². The van der Waals surface area contributed by atoms with Crippen LogP contribution in [0.5, 0.6) is 5.75 Å². The quantitative estimate of drug-likeness (QED) is 0.584. The molecule has 1 atom stereocenters. The molecule has 1 aromatic heterocycles. The molecular weight excluding hydrogens is 356 g/mol. The van der Waals surface area contributed by atoms with E-state index in [0.717, 1.165) is 0 Å². The van der Waals surface area contributed by atoms with Crippen molar-refractivity contribution in [2.45, 2.75) is 11.7 Å². The molecule has 2 rings (SSSR count). The fourth-order valence-electron chi connectivity index (χ4n) is 1.54.